The van der Waals surface area contributed by atoms with E-state index in [0.29, 0.717) is 19.0 Å². The predicted octanol–water partition coefficient (Wildman–Crippen LogP) is 2.64. The number of anilines is 1. The molecule has 7 nitrogen and oxygen atoms in total. The first-order valence-corrected chi connectivity index (χ1v) is 9.70. The SMILES string of the molecule is Cc1cc(C)nc(N2CC3CN(C(=O)c4cccnc4OCC(F)(F)F)CC3C2)n1. The van der Waals surface area contributed by atoms with Crippen molar-refractivity contribution in [2.24, 2.45) is 11.8 Å². The lowest BCUT2D eigenvalue weighted by atomic mass is 10.0. The van der Waals surface area contributed by atoms with Crippen molar-refractivity contribution in [3.8, 4) is 5.88 Å². The molecular formula is C20H22F3N5O2. The van der Waals surface area contributed by atoms with Gasteiger partial charge < -0.3 is 14.5 Å². The summed E-state index contributed by atoms with van der Waals surface area (Å²) in [6.45, 7) is 4.91. The summed E-state index contributed by atoms with van der Waals surface area (Å²) in [6, 6.07) is 4.89. The number of ether oxygens (including phenoxy) is 1. The second-order valence-corrected chi connectivity index (χ2v) is 7.85. The zero-order valence-corrected chi connectivity index (χ0v) is 16.7. The van der Waals surface area contributed by atoms with E-state index in [1.807, 2.05) is 19.9 Å². The Morgan fingerprint density at radius 2 is 1.77 bits per heavy atom. The fraction of sp³-hybridized carbons (Fsp3) is 0.500. The van der Waals surface area contributed by atoms with Gasteiger partial charge in [0.2, 0.25) is 11.8 Å². The molecule has 160 valence electrons. The van der Waals surface area contributed by atoms with E-state index in [1.165, 1.54) is 18.3 Å². The molecule has 2 aromatic rings. The summed E-state index contributed by atoms with van der Waals surface area (Å²) in [6.07, 6.45) is -3.19. The molecule has 0 spiro atoms. The van der Waals surface area contributed by atoms with Crippen molar-refractivity contribution < 1.29 is 22.7 Å². The lowest BCUT2D eigenvalue weighted by Crippen LogP contribution is -2.34. The summed E-state index contributed by atoms with van der Waals surface area (Å²) in [5.74, 6) is 0.574. The fourth-order valence-electron chi connectivity index (χ4n) is 4.16. The van der Waals surface area contributed by atoms with Crippen molar-refractivity contribution in [2.45, 2.75) is 20.0 Å². The average Bonchev–Trinajstić information content (AvgIpc) is 3.24. The smallest absolute Gasteiger partial charge is 0.422 e. The maximum Gasteiger partial charge on any atom is 0.422 e. The van der Waals surface area contributed by atoms with Crippen molar-refractivity contribution in [1.29, 1.82) is 0 Å². The maximum absolute atomic E-state index is 13.0. The Balaban J connectivity index is 1.42. The highest BCUT2D eigenvalue weighted by atomic mass is 19.4. The molecule has 0 aromatic carbocycles. The van der Waals surface area contributed by atoms with Gasteiger partial charge in [0.15, 0.2) is 6.61 Å². The lowest BCUT2D eigenvalue weighted by molar-refractivity contribution is -0.154. The molecule has 2 aliphatic heterocycles. The first-order chi connectivity index (χ1) is 14.2. The summed E-state index contributed by atoms with van der Waals surface area (Å²) >= 11 is 0. The van der Waals surface area contributed by atoms with Gasteiger partial charge in [-0.25, -0.2) is 15.0 Å². The first-order valence-electron chi connectivity index (χ1n) is 9.70. The van der Waals surface area contributed by atoms with E-state index < -0.39 is 12.8 Å². The van der Waals surface area contributed by atoms with Gasteiger partial charge in [0.05, 0.1) is 0 Å². The zero-order chi connectivity index (χ0) is 21.5. The number of carbonyl (C=O) groups is 1. The highest BCUT2D eigenvalue weighted by Crippen LogP contribution is 2.34. The molecule has 2 unspecified atom stereocenters. The molecule has 10 heteroatoms. The number of aromatic nitrogens is 3. The van der Waals surface area contributed by atoms with Crippen LogP contribution in [0, 0.1) is 25.7 Å². The number of likely N-dealkylation sites (tertiary alicyclic amines) is 1. The third-order valence-electron chi connectivity index (χ3n) is 5.40. The highest BCUT2D eigenvalue weighted by molar-refractivity contribution is 5.96. The number of fused-ring (bicyclic) bond motifs is 1. The van der Waals surface area contributed by atoms with Crippen LogP contribution < -0.4 is 9.64 Å². The largest absolute Gasteiger partial charge is 0.467 e. The van der Waals surface area contributed by atoms with Gasteiger partial charge in [-0.2, -0.15) is 13.2 Å². The number of aryl methyl sites for hydroxylation is 2. The predicted molar refractivity (Wildman–Crippen MR) is 102 cm³/mol. The van der Waals surface area contributed by atoms with E-state index in [4.69, 9.17) is 4.74 Å². The third-order valence-corrected chi connectivity index (χ3v) is 5.40. The summed E-state index contributed by atoms with van der Waals surface area (Å²) in [4.78, 5) is 29.6. The van der Waals surface area contributed by atoms with Crippen molar-refractivity contribution >= 4 is 11.9 Å². The van der Waals surface area contributed by atoms with Gasteiger partial charge in [0.1, 0.15) is 5.56 Å². The Labute approximate surface area is 171 Å². The highest BCUT2D eigenvalue weighted by Gasteiger charge is 2.43. The third kappa shape index (κ3) is 4.31. The maximum atomic E-state index is 13.0. The molecule has 0 aliphatic carbocycles. The van der Waals surface area contributed by atoms with Gasteiger partial charge in [-0.1, -0.05) is 0 Å². The van der Waals surface area contributed by atoms with Crippen LogP contribution in [0.1, 0.15) is 21.7 Å². The fourth-order valence-corrected chi connectivity index (χ4v) is 4.16. The second-order valence-electron chi connectivity index (χ2n) is 7.85. The van der Waals surface area contributed by atoms with Crippen LogP contribution in [0.5, 0.6) is 5.88 Å². The Hall–Kier alpha value is -2.91. The number of nitrogens with zero attached hydrogens (tertiary/aromatic N) is 5. The summed E-state index contributed by atoms with van der Waals surface area (Å²) < 4.78 is 42.2. The molecule has 2 aromatic heterocycles. The molecule has 2 atom stereocenters. The van der Waals surface area contributed by atoms with E-state index in [1.54, 1.807) is 4.90 Å². The van der Waals surface area contributed by atoms with Crippen molar-refractivity contribution in [3.63, 3.8) is 0 Å². The Morgan fingerprint density at radius 1 is 1.13 bits per heavy atom. The van der Waals surface area contributed by atoms with Crippen molar-refractivity contribution in [1.82, 2.24) is 19.9 Å². The van der Waals surface area contributed by atoms with Gasteiger partial charge in [0.25, 0.3) is 5.91 Å². The van der Waals surface area contributed by atoms with E-state index in [-0.39, 0.29) is 29.2 Å². The number of amides is 1. The van der Waals surface area contributed by atoms with E-state index in [9.17, 15) is 18.0 Å². The van der Waals surface area contributed by atoms with Crippen molar-refractivity contribution in [3.05, 3.63) is 41.3 Å². The minimum atomic E-state index is -4.50. The van der Waals surface area contributed by atoms with Crippen LogP contribution in [0.4, 0.5) is 19.1 Å². The average molecular weight is 421 g/mol. The summed E-state index contributed by atoms with van der Waals surface area (Å²) in [7, 11) is 0. The standard InChI is InChI=1S/C20H22F3N5O2/c1-12-6-13(2)26-19(25-12)28-9-14-7-27(8-15(14)10-28)18(29)16-4-3-5-24-17(16)30-11-20(21,22)23/h3-6,14-15H,7-11H2,1-2H3. The summed E-state index contributed by atoms with van der Waals surface area (Å²) in [5, 5.41) is 0. The van der Waals surface area contributed by atoms with E-state index in [0.717, 1.165) is 24.5 Å². The van der Waals surface area contributed by atoms with Gasteiger partial charge in [0, 0.05) is 55.6 Å². The molecule has 0 radical (unpaired) electrons. The van der Waals surface area contributed by atoms with Crippen LogP contribution in [0.25, 0.3) is 0 Å². The molecule has 4 heterocycles. The van der Waals surface area contributed by atoms with Crippen molar-refractivity contribution in [2.75, 3.05) is 37.7 Å². The normalized spacial score (nSPS) is 21.1. The molecule has 2 aliphatic rings. The van der Waals surface area contributed by atoms with E-state index in [2.05, 4.69) is 19.9 Å². The Kier molecular flexibility index (Phi) is 5.25. The van der Waals surface area contributed by atoms with Gasteiger partial charge in [-0.15, -0.1) is 0 Å². The topological polar surface area (TPSA) is 71.5 Å². The second kappa shape index (κ2) is 7.73. The molecule has 1 amide bonds. The van der Waals surface area contributed by atoms with E-state index >= 15 is 0 Å². The molecule has 0 bridgehead atoms. The van der Waals surface area contributed by atoms with Crippen LogP contribution >= 0.6 is 0 Å². The molecular weight excluding hydrogens is 399 g/mol. The molecule has 4 rings (SSSR count). The van der Waals surface area contributed by atoms with Gasteiger partial charge in [-0.3, -0.25) is 4.79 Å². The lowest BCUT2D eigenvalue weighted by Gasteiger charge is -2.23. The monoisotopic (exact) mass is 421 g/mol. The zero-order valence-electron chi connectivity index (χ0n) is 16.7. The van der Waals surface area contributed by atoms with Crippen LogP contribution in [-0.4, -0.2) is 64.7 Å². The van der Waals surface area contributed by atoms with Crippen LogP contribution in [-0.2, 0) is 0 Å². The quantitative estimate of drug-likeness (QED) is 0.756. The van der Waals surface area contributed by atoms with Gasteiger partial charge in [-0.05, 0) is 32.0 Å². The first kappa shape index (κ1) is 20.4. The van der Waals surface area contributed by atoms with Crippen LogP contribution in [0.3, 0.4) is 0 Å². The molecule has 0 saturated carbocycles. The molecule has 30 heavy (non-hydrogen) atoms. The number of carbonyl (C=O) groups excluding carboxylic acids is 1. The molecule has 2 saturated heterocycles. The molecule has 2 fully saturated rings. The van der Waals surface area contributed by atoms with Gasteiger partial charge >= 0.3 is 6.18 Å². The number of alkyl halides is 3. The Bertz CT molecular complexity index is 918. The minimum Gasteiger partial charge on any atom is -0.467 e. The number of hydrogen-bond acceptors (Lipinski definition) is 6. The number of hydrogen-bond donors (Lipinski definition) is 0. The number of pyridine rings is 1. The number of rotatable bonds is 4. The van der Waals surface area contributed by atoms with Crippen LogP contribution in [0.2, 0.25) is 0 Å². The minimum absolute atomic E-state index is 0.0521. The molecule has 0 N–H and O–H groups in total. The number of halogens is 3. The Morgan fingerprint density at radius 3 is 2.37 bits per heavy atom. The summed E-state index contributed by atoms with van der Waals surface area (Å²) in [5.41, 5.74) is 1.87. The van der Waals surface area contributed by atoms with Crippen LogP contribution in [0.15, 0.2) is 24.4 Å².